The SMILES string of the molecule is CCCCCCCOc1ccccc1CCC(CCCCC(=O)O)Cc1ccc(C(=O)O)cc1. The summed E-state index contributed by atoms with van der Waals surface area (Å²) in [6.07, 6.45) is 11.5. The van der Waals surface area contributed by atoms with E-state index in [1.165, 1.54) is 31.2 Å². The number of aliphatic carboxylic acids is 1. The van der Waals surface area contributed by atoms with Crippen LogP contribution in [0.5, 0.6) is 5.75 Å². The Balaban J connectivity index is 1.95. The summed E-state index contributed by atoms with van der Waals surface area (Å²) in [6, 6.07) is 15.3. The summed E-state index contributed by atoms with van der Waals surface area (Å²) in [4.78, 5) is 22.0. The molecule has 5 heteroatoms. The Morgan fingerprint density at radius 1 is 0.853 bits per heavy atom. The number of unbranched alkanes of at least 4 members (excludes halogenated alkanes) is 5. The summed E-state index contributed by atoms with van der Waals surface area (Å²) < 4.78 is 6.11. The summed E-state index contributed by atoms with van der Waals surface area (Å²) in [7, 11) is 0. The van der Waals surface area contributed by atoms with Gasteiger partial charge in [0.25, 0.3) is 0 Å². The van der Waals surface area contributed by atoms with Crippen LogP contribution in [-0.4, -0.2) is 28.8 Å². The maximum absolute atomic E-state index is 11.1. The molecule has 2 aromatic carbocycles. The van der Waals surface area contributed by atoms with Gasteiger partial charge in [0.05, 0.1) is 12.2 Å². The molecule has 0 aliphatic rings. The van der Waals surface area contributed by atoms with Gasteiger partial charge in [-0.1, -0.05) is 75.8 Å². The minimum absolute atomic E-state index is 0.203. The molecule has 1 atom stereocenters. The molecular formula is C29H40O5. The van der Waals surface area contributed by atoms with Gasteiger partial charge in [-0.25, -0.2) is 4.79 Å². The van der Waals surface area contributed by atoms with Crippen molar-refractivity contribution in [1.82, 2.24) is 0 Å². The second-order valence-electron chi connectivity index (χ2n) is 9.12. The van der Waals surface area contributed by atoms with Gasteiger partial charge in [-0.2, -0.15) is 0 Å². The smallest absolute Gasteiger partial charge is 0.335 e. The van der Waals surface area contributed by atoms with Crippen LogP contribution >= 0.6 is 0 Å². The first kappa shape index (κ1) is 27.4. The van der Waals surface area contributed by atoms with Crippen molar-refractivity contribution < 1.29 is 24.5 Å². The molecule has 0 saturated carbocycles. The summed E-state index contributed by atoms with van der Waals surface area (Å²) in [5, 5.41) is 18.1. The molecule has 0 bridgehead atoms. The Hall–Kier alpha value is -2.82. The number of carboxylic acids is 2. The minimum Gasteiger partial charge on any atom is -0.493 e. The molecule has 1 unspecified atom stereocenters. The van der Waals surface area contributed by atoms with Crippen LogP contribution in [0.3, 0.4) is 0 Å². The van der Waals surface area contributed by atoms with Crippen LogP contribution in [-0.2, 0) is 17.6 Å². The summed E-state index contributed by atoms with van der Waals surface area (Å²) >= 11 is 0. The molecule has 0 aliphatic heterocycles. The van der Waals surface area contributed by atoms with E-state index in [-0.39, 0.29) is 6.42 Å². The zero-order chi connectivity index (χ0) is 24.6. The fraction of sp³-hybridized carbons (Fsp3) is 0.517. The number of aromatic carboxylic acids is 1. The molecule has 186 valence electrons. The molecule has 2 rings (SSSR count). The number of hydrogen-bond acceptors (Lipinski definition) is 3. The van der Waals surface area contributed by atoms with E-state index in [1.54, 1.807) is 12.1 Å². The molecule has 0 aliphatic carbocycles. The number of carbonyl (C=O) groups is 2. The first-order chi connectivity index (χ1) is 16.5. The van der Waals surface area contributed by atoms with E-state index >= 15 is 0 Å². The lowest BCUT2D eigenvalue weighted by molar-refractivity contribution is -0.137. The van der Waals surface area contributed by atoms with Crippen LogP contribution in [0.1, 0.15) is 92.6 Å². The third kappa shape index (κ3) is 10.9. The standard InChI is InChI=1S/C29H40O5/c1-2-3-4-5-10-21-34-27-13-8-7-12-25(27)18-15-23(11-6-9-14-28(30)31)22-24-16-19-26(20-17-24)29(32)33/h7-8,12-13,16-17,19-20,23H,2-6,9-11,14-15,18,21-22H2,1H3,(H,30,31)(H,32,33). The Morgan fingerprint density at radius 3 is 2.29 bits per heavy atom. The van der Waals surface area contributed by atoms with Crippen LogP contribution in [0, 0.1) is 5.92 Å². The summed E-state index contributed by atoms with van der Waals surface area (Å²) in [5.74, 6) is -0.305. The van der Waals surface area contributed by atoms with Gasteiger partial charge in [0.15, 0.2) is 0 Å². The predicted molar refractivity (Wildman–Crippen MR) is 136 cm³/mol. The van der Waals surface area contributed by atoms with Crippen molar-refractivity contribution in [1.29, 1.82) is 0 Å². The van der Waals surface area contributed by atoms with E-state index in [4.69, 9.17) is 14.9 Å². The third-order valence-electron chi connectivity index (χ3n) is 6.28. The average molecular weight is 469 g/mol. The molecule has 34 heavy (non-hydrogen) atoms. The summed E-state index contributed by atoms with van der Waals surface area (Å²) in [5.41, 5.74) is 2.63. The van der Waals surface area contributed by atoms with Crippen LogP contribution < -0.4 is 4.74 Å². The van der Waals surface area contributed by atoms with Gasteiger partial charge in [0.1, 0.15) is 5.75 Å². The lowest BCUT2D eigenvalue weighted by Gasteiger charge is -2.18. The fourth-order valence-electron chi connectivity index (χ4n) is 4.27. The highest BCUT2D eigenvalue weighted by molar-refractivity contribution is 5.87. The van der Waals surface area contributed by atoms with E-state index in [9.17, 15) is 9.59 Å². The zero-order valence-electron chi connectivity index (χ0n) is 20.5. The zero-order valence-corrected chi connectivity index (χ0v) is 20.5. The number of ether oxygens (including phenoxy) is 1. The van der Waals surface area contributed by atoms with Crippen molar-refractivity contribution in [3.8, 4) is 5.75 Å². The van der Waals surface area contributed by atoms with E-state index in [1.807, 2.05) is 24.3 Å². The molecule has 5 nitrogen and oxygen atoms in total. The normalized spacial score (nSPS) is 11.8. The number of benzene rings is 2. The van der Waals surface area contributed by atoms with Crippen molar-refractivity contribution in [3.05, 3.63) is 65.2 Å². The molecule has 0 saturated heterocycles. The largest absolute Gasteiger partial charge is 0.493 e. The van der Waals surface area contributed by atoms with Crippen molar-refractivity contribution in [2.45, 2.75) is 84.0 Å². The highest BCUT2D eigenvalue weighted by Crippen LogP contribution is 2.26. The molecule has 0 radical (unpaired) electrons. The number of aryl methyl sites for hydroxylation is 1. The average Bonchev–Trinajstić information content (AvgIpc) is 2.83. The lowest BCUT2D eigenvalue weighted by atomic mass is 9.88. The molecule has 2 aromatic rings. The van der Waals surface area contributed by atoms with E-state index < -0.39 is 11.9 Å². The Bertz CT molecular complexity index is 859. The molecule has 0 heterocycles. The molecule has 0 amide bonds. The summed E-state index contributed by atoms with van der Waals surface area (Å²) in [6.45, 7) is 2.96. The second-order valence-corrected chi connectivity index (χ2v) is 9.12. The van der Waals surface area contributed by atoms with Gasteiger partial charge < -0.3 is 14.9 Å². The topological polar surface area (TPSA) is 83.8 Å². The van der Waals surface area contributed by atoms with Gasteiger partial charge in [-0.05, 0) is 67.3 Å². The first-order valence-corrected chi connectivity index (χ1v) is 12.7. The van der Waals surface area contributed by atoms with Gasteiger partial charge in [0.2, 0.25) is 0 Å². The van der Waals surface area contributed by atoms with Crippen LogP contribution in [0.15, 0.2) is 48.5 Å². The molecular weight excluding hydrogens is 428 g/mol. The lowest BCUT2D eigenvalue weighted by Crippen LogP contribution is -2.09. The van der Waals surface area contributed by atoms with E-state index in [2.05, 4.69) is 19.1 Å². The highest BCUT2D eigenvalue weighted by Gasteiger charge is 2.13. The number of carboxylic acid groups (broad SMARTS) is 2. The number of para-hydroxylation sites is 1. The van der Waals surface area contributed by atoms with Crippen molar-refractivity contribution in [3.63, 3.8) is 0 Å². The van der Waals surface area contributed by atoms with Crippen molar-refractivity contribution in [2.24, 2.45) is 5.92 Å². The first-order valence-electron chi connectivity index (χ1n) is 12.7. The van der Waals surface area contributed by atoms with E-state index in [0.717, 1.165) is 56.4 Å². The Labute approximate surface area is 204 Å². The second kappa shape index (κ2) is 15.9. The molecule has 0 spiro atoms. The monoisotopic (exact) mass is 468 g/mol. The predicted octanol–water partition coefficient (Wildman–Crippen LogP) is 7.17. The quantitative estimate of drug-likeness (QED) is 0.227. The molecule has 0 fully saturated rings. The maximum atomic E-state index is 11.1. The minimum atomic E-state index is -0.918. The van der Waals surface area contributed by atoms with Crippen molar-refractivity contribution >= 4 is 11.9 Å². The van der Waals surface area contributed by atoms with Crippen molar-refractivity contribution in [2.75, 3.05) is 6.61 Å². The Morgan fingerprint density at radius 2 is 1.59 bits per heavy atom. The number of rotatable bonds is 18. The van der Waals surface area contributed by atoms with Crippen LogP contribution in [0.4, 0.5) is 0 Å². The third-order valence-corrected chi connectivity index (χ3v) is 6.28. The van der Waals surface area contributed by atoms with Gasteiger partial charge >= 0.3 is 11.9 Å². The van der Waals surface area contributed by atoms with Gasteiger partial charge in [0, 0.05) is 6.42 Å². The number of hydrogen-bond donors (Lipinski definition) is 2. The van der Waals surface area contributed by atoms with Crippen LogP contribution in [0.25, 0.3) is 0 Å². The van der Waals surface area contributed by atoms with Gasteiger partial charge in [-0.3, -0.25) is 4.79 Å². The van der Waals surface area contributed by atoms with Gasteiger partial charge in [-0.15, -0.1) is 0 Å². The van der Waals surface area contributed by atoms with Crippen LogP contribution in [0.2, 0.25) is 0 Å². The highest BCUT2D eigenvalue weighted by atomic mass is 16.5. The molecule has 2 N–H and O–H groups in total. The Kier molecular flexibility index (Phi) is 12.8. The maximum Gasteiger partial charge on any atom is 0.335 e. The van der Waals surface area contributed by atoms with E-state index in [0.29, 0.717) is 17.9 Å². The molecule has 0 aromatic heterocycles. The fourth-order valence-corrected chi connectivity index (χ4v) is 4.27.